The number of para-hydroxylation sites is 1. The Balaban J connectivity index is 2.50. The summed E-state index contributed by atoms with van der Waals surface area (Å²) in [6.45, 7) is 12.2. The molecule has 0 aliphatic rings. The van der Waals surface area contributed by atoms with Crippen LogP contribution in [0.15, 0.2) is 29.3 Å². The molecule has 0 saturated carbocycles. The summed E-state index contributed by atoms with van der Waals surface area (Å²) in [6.07, 6.45) is 1.11. The Morgan fingerprint density at radius 3 is 2.52 bits per heavy atom. The standard InChI is InChI=1S/C18H32N4O/c1-5-19-18(20-13-10-14-22(6-2)7-3)21-15-16-11-8-9-12-17(16)23-4/h8-9,11-12H,5-7,10,13-15H2,1-4H3,(H2,19,20,21). The minimum atomic E-state index is 0.607. The van der Waals surface area contributed by atoms with Gasteiger partial charge in [-0.15, -0.1) is 0 Å². The zero-order chi connectivity index (χ0) is 16.9. The SMILES string of the molecule is CCNC(=NCc1ccccc1OC)NCCCN(CC)CC. The highest BCUT2D eigenvalue weighted by Gasteiger charge is 2.03. The summed E-state index contributed by atoms with van der Waals surface area (Å²) < 4.78 is 5.37. The molecule has 0 bridgehead atoms. The van der Waals surface area contributed by atoms with Crippen LogP contribution in [-0.2, 0) is 6.54 Å². The summed E-state index contributed by atoms with van der Waals surface area (Å²) in [4.78, 5) is 7.08. The van der Waals surface area contributed by atoms with Crippen LogP contribution in [0.25, 0.3) is 0 Å². The molecule has 0 spiro atoms. The highest BCUT2D eigenvalue weighted by atomic mass is 16.5. The van der Waals surface area contributed by atoms with E-state index in [9.17, 15) is 0 Å². The second kappa shape index (κ2) is 11.8. The van der Waals surface area contributed by atoms with Gasteiger partial charge in [-0.05, 0) is 39.0 Å². The van der Waals surface area contributed by atoms with E-state index < -0.39 is 0 Å². The van der Waals surface area contributed by atoms with E-state index in [1.54, 1.807) is 7.11 Å². The number of methoxy groups -OCH3 is 1. The Kier molecular flexibility index (Phi) is 9.87. The van der Waals surface area contributed by atoms with Crippen molar-refractivity contribution < 1.29 is 4.74 Å². The topological polar surface area (TPSA) is 48.9 Å². The molecule has 0 aliphatic heterocycles. The Morgan fingerprint density at radius 2 is 1.87 bits per heavy atom. The van der Waals surface area contributed by atoms with Crippen LogP contribution in [-0.4, -0.2) is 50.7 Å². The molecule has 0 heterocycles. The van der Waals surface area contributed by atoms with Crippen molar-refractivity contribution in [3.05, 3.63) is 29.8 Å². The normalized spacial score (nSPS) is 11.6. The third-order valence-electron chi connectivity index (χ3n) is 3.78. The summed E-state index contributed by atoms with van der Waals surface area (Å²) in [5.41, 5.74) is 1.09. The van der Waals surface area contributed by atoms with Gasteiger partial charge < -0.3 is 20.3 Å². The lowest BCUT2D eigenvalue weighted by atomic mass is 10.2. The lowest BCUT2D eigenvalue weighted by molar-refractivity contribution is 0.300. The first-order valence-electron chi connectivity index (χ1n) is 8.61. The number of benzene rings is 1. The second-order valence-corrected chi connectivity index (χ2v) is 5.31. The van der Waals surface area contributed by atoms with Gasteiger partial charge in [-0.2, -0.15) is 0 Å². The van der Waals surface area contributed by atoms with E-state index in [1.165, 1.54) is 0 Å². The molecule has 0 amide bonds. The minimum Gasteiger partial charge on any atom is -0.496 e. The monoisotopic (exact) mass is 320 g/mol. The first-order chi connectivity index (χ1) is 11.2. The molecule has 130 valence electrons. The average Bonchev–Trinajstić information content (AvgIpc) is 2.59. The van der Waals surface area contributed by atoms with Crippen LogP contribution in [0, 0.1) is 0 Å². The van der Waals surface area contributed by atoms with Gasteiger partial charge in [0.15, 0.2) is 5.96 Å². The molecule has 0 unspecified atom stereocenters. The molecule has 0 saturated heterocycles. The molecule has 23 heavy (non-hydrogen) atoms. The van der Waals surface area contributed by atoms with Gasteiger partial charge in [-0.1, -0.05) is 32.0 Å². The number of nitrogens with one attached hydrogen (secondary N) is 2. The van der Waals surface area contributed by atoms with Crippen LogP contribution in [0.4, 0.5) is 0 Å². The van der Waals surface area contributed by atoms with Gasteiger partial charge in [0.25, 0.3) is 0 Å². The molecule has 0 aliphatic carbocycles. The van der Waals surface area contributed by atoms with Gasteiger partial charge in [-0.25, -0.2) is 4.99 Å². The smallest absolute Gasteiger partial charge is 0.191 e. The predicted molar refractivity (Wildman–Crippen MR) is 98.2 cm³/mol. The molecule has 1 aromatic rings. The number of hydrogen-bond acceptors (Lipinski definition) is 3. The number of nitrogens with zero attached hydrogens (tertiary/aromatic N) is 2. The number of rotatable bonds is 10. The number of aliphatic imine (C=N–C) groups is 1. The molecular weight excluding hydrogens is 288 g/mol. The van der Waals surface area contributed by atoms with Gasteiger partial charge in [-0.3, -0.25) is 0 Å². The summed E-state index contributed by atoms with van der Waals surface area (Å²) in [6, 6.07) is 8.00. The highest BCUT2D eigenvalue weighted by molar-refractivity contribution is 5.79. The third-order valence-corrected chi connectivity index (χ3v) is 3.78. The molecule has 0 aromatic heterocycles. The fourth-order valence-electron chi connectivity index (χ4n) is 2.39. The predicted octanol–water partition coefficient (Wildman–Crippen LogP) is 2.48. The third kappa shape index (κ3) is 7.37. The van der Waals surface area contributed by atoms with Gasteiger partial charge in [0.2, 0.25) is 0 Å². The molecule has 5 heteroatoms. The lowest BCUT2D eigenvalue weighted by Crippen LogP contribution is -2.38. The number of guanidine groups is 1. The van der Waals surface area contributed by atoms with Crippen molar-refractivity contribution in [3.8, 4) is 5.75 Å². The summed E-state index contributed by atoms with van der Waals surface area (Å²) in [7, 11) is 1.69. The Bertz CT molecular complexity index is 458. The summed E-state index contributed by atoms with van der Waals surface area (Å²) in [5, 5.41) is 6.69. The molecule has 5 nitrogen and oxygen atoms in total. The van der Waals surface area contributed by atoms with Crippen molar-refractivity contribution in [1.29, 1.82) is 0 Å². The molecule has 1 rings (SSSR count). The Hall–Kier alpha value is -1.75. The molecule has 2 N–H and O–H groups in total. The van der Waals surface area contributed by atoms with Crippen LogP contribution in [0.1, 0.15) is 32.8 Å². The largest absolute Gasteiger partial charge is 0.496 e. The van der Waals surface area contributed by atoms with Crippen LogP contribution < -0.4 is 15.4 Å². The molecule has 1 aromatic carbocycles. The van der Waals surface area contributed by atoms with E-state index in [4.69, 9.17) is 4.74 Å². The summed E-state index contributed by atoms with van der Waals surface area (Å²) >= 11 is 0. The Morgan fingerprint density at radius 1 is 1.13 bits per heavy atom. The fourth-order valence-corrected chi connectivity index (χ4v) is 2.39. The van der Waals surface area contributed by atoms with E-state index in [-0.39, 0.29) is 0 Å². The van der Waals surface area contributed by atoms with Crippen molar-refractivity contribution in [1.82, 2.24) is 15.5 Å². The Labute approximate surface area is 141 Å². The van der Waals surface area contributed by atoms with E-state index in [0.717, 1.165) is 56.4 Å². The maximum atomic E-state index is 5.37. The van der Waals surface area contributed by atoms with Crippen LogP contribution in [0.5, 0.6) is 5.75 Å². The average molecular weight is 320 g/mol. The highest BCUT2D eigenvalue weighted by Crippen LogP contribution is 2.17. The molecular formula is C18H32N4O. The van der Waals surface area contributed by atoms with Crippen molar-refractivity contribution >= 4 is 5.96 Å². The zero-order valence-corrected chi connectivity index (χ0v) is 15.1. The van der Waals surface area contributed by atoms with E-state index in [2.05, 4.69) is 41.3 Å². The van der Waals surface area contributed by atoms with Crippen LogP contribution >= 0.6 is 0 Å². The quantitative estimate of drug-likeness (QED) is 0.395. The van der Waals surface area contributed by atoms with Crippen LogP contribution in [0.2, 0.25) is 0 Å². The first-order valence-corrected chi connectivity index (χ1v) is 8.61. The van der Waals surface area contributed by atoms with Crippen molar-refractivity contribution in [2.24, 2.45) is 4.99 Å². The summed E-state index contributed by atoms with van der Waals surface area (Å²) in [5.74, 6) is 1.74. The molecule has 0 fully saturated rings. The van der Waals surface area contributed by atoms with Gasteiger partial charge in [0.05, 0.1) is 13.7 Å². The van der Waals surface area contributed by atoms with Gasteiger partial charge in [0, 0.05) is 18.7 Å². The zero-order valence-electron chi connectivity index (χ0n) is 15.1. The number of hydrogen-bond donors (Lipinski definition) is 2. The van der Waals surface area contributed by atoms with Crippen molar-refractivity contribution in [3.63, 3.8) is 0 Å². The van der Waals surface area contributed by atoms with Gasteiger partial charge in [0.1, 0.15) is 5.75 Å². The minimum absolute atomic E-state index is 0.607. The van der Waals surface area contributed by atoms with Crippen molar-refractivity contribution in [2.45, 2.75) is 33.7 Å². The fraction of sp³-hybridized carbons (Fsp3) is 0.611. The van der Waals surface area contributed by atoms with E-state index in [0.29, 0.717) is 6.54 Å². The first kappa shape index (κ1) is 19.3. The number of ether oxygens (including phenoxy) is 1. The molecule has 0 atom stereocenters. The van der Waals surface area contributed by atoms with E-state index >= 15 is 0 Å². The maximum absolute atomic E-state index is 5.37. The van der Waals surface area contributed by atoms with Crippen LogP contribution in [0.3, 0.4) is 0 Å². The van der Waals surface area contributed by atoms with Gasteiger partial charge >= 0.3 is 0 Å². The second-order valence-electron chi connectivity index (χ2n) is 5.31. The van der Waals surface area contributed by atoms with E-state index in [1.807, 2.05) is 24.3 Å². The molecule has 0 radical (unpaired) electrons. The maximum Gasteiger partial charge on any atom is 0.191 e. The van der Waals surface area contributed by atoms with Crippen molar-refractivity contribution in [2.75, 3.05) is 39.8 Å². The lowest BCUT2D eigenvalue weighted by Gasteiger charge is -2.18.